The Bertz CT molecular complexity index is 499. The fraction of sp³-hybridized carbons (Fsp3) is 0.286. The predicted molar refractivity (Wildman–Crippen MR) is 58.4 cm³/mol. The second kappa shape index (κ2) is 2.51. The summed E-state index contributed by atoms with van der Waals surface area (Å²) in [6, 6.07) is 0. The summed E-state index contributed by atoms with van der Waals surface area (Å²) in [6.07, 6.45) is 11.4. The van der Waals surface area contributed by atoms with Gasteiger partial charge in [0.1, 0.15) is 0 Å². The molecule has 5 aliphatic carbocycles. The number of carbonyl (C=O) groups is 2. The number of allylic oxidation sites excluding steroid dienone is 8. The highest BCUT2D eigenvalue weighted by molar-refractivity contribution is 6.21. The van der Waals surface area contributed by atoms with E-state index in [1.54, 1.807) is 0 Å². The van der Waals surface area contributed by atoms with Gasteiger partial charge in [-0.15, -0.1) is 0 Å². The molecule has 0 fully saturated rings. The maximum absolute atomic E-state index is 11.9. The maximum Gasteiger partial charge on any atom is 0.183 e. The van der Waals surface area contributed by atoms with Gasteiger partial charge in [0.2, 0.25) is 0 Å². The molecule has 0 spiro atoms. The fourth-order valence-corrected chi connectivity index (χ4v) is 3.44. The van der Waals surface area contributed by atoms with Gasteiger partial charge in [-0.1, -0.05) is 24.3 Å². The lowest BCUT2D eigenvalue weighted by atomic mass is 9.54. The third-order valence-corrected chi connectivity index (χ3v) is 4.23. The Morgan fingerprint density at radius 2 is 1.12 bits per heavy atom. The van der Waals surface area contributed by atoms with Crippen molar-refractivity contribution in [1.82, 2.24) is 0 Å². The first-order valence-corrected chi connectivity index (χ1v) is 5.65. The van der Waals surface area contributed by atoms with Crippen LogP contribution in [0, 0.1) is 23.7 Å². The Morgan fingerprint density at radius 3 is 1.50 bits per heavy atom. The Kier molecular flexibility index (Phi) is 1.33. The summed E-state index contributed by atoms with van der Waals surface area (Å²) in [7, 11) is 0. The largest absolute Gasteiger partial charge is 0.290 e. The summed E-state index contributed by atoms with van der Waals surface area (Å²) in [5.41, 5.74) is 1.54. The van der Waals surface area contributed by atoms with Crippen molar-refractivity contribution in [1.29, 1.82) is 0 Å². The Labute approximate surface area is 93.0 Å². The zero-order valence-corrected chi connectivity index (χ0v) is 8.59. The van der Waals surface area contributed by atoms with Crippen molar-refractivity contribution in [3.05, 3.63) is 47.6 Å². The molecule has 4 atom stereocenters. The standard InChI is InChI=1S/C14H10O2/c15-11-5-6-12(16)14-10-4-3-9(13(11)14)7-1-2-8(7)10/h1-10H/t7-,8-,9+,10+/m1/s1. The highest BCUT2D eigenvalue weighted by Gasteiger charge is 2.50. The Balaban J connectivity index is 1.95. The molecule has 0 unspecified atom stereocenters. The van der Waals surface area contributed by atoms with Crippen molar-refractivity contribution in [2.75, 3.05) is 0 Å². The van der Waals surface area contributed by atoms with E-state index in [4.69, 9.17) is 0 Å². The first-order valence-electron chi connectivity index (χ1n) is 5.65. The molecule has 5 rings (SSSR count). The van der Waals surface area contributed by atoms with E-state index in [1.165, 1.54) is 12.2 Å². The van der Waals surface area contributed by atoms with E-state index in [0.29, 0.717) is 11.8 Å². The quantitative estimate of drug-likeness (QED) is 0.449. The van der Waals surface area contributed by atoms with Gasteiger partial charge in [0.05, 0.1) is 0 Å². The van der Waals surface area contributed by atoms with Crippen LogP contribution >= 0.6 is 0 Å². The monoisotopic (exact) mass is 210 g/mol. The second-order valence-corrected chi connectivity index (χ2v) is 4.87. The lowest BCUT2D eigenvalue weighted by Gasteiger charge is -2.49. The van der Waals surface area contributed by atoms with Crippen molar-refractivity contribution >= 4 is 11.6 Å². The summed E-state index contributed by atoms with van der Waals surface area (Å²) < 4.78 is 0. The zero-order valence-electron chi connectivity index (χ0n) is 8.59. The van der Waals surface area contributed by atoms with Gasteiger partial charge in [-0.25, -0.2) is 0 Å². The minimum Gasteiger partial charge on any atom is -0.290 e. The first-order chi connectivity index (χ1) is 7.77. The predicted octanol–water partition coefficient (Wildman–Crippen LogP) is 1.61. The van der Waals surface area contributed by atoms with E-state index < -0.39 is 0 Å². The Morgan fingerprint density at radius 1 is 0.688 bits per heavy atom. The van der Waals surface area contributed by atoms with Crippen LogP contribution < -0.4 is 0 Å². The highest BCUT2D eigenvalue weighted by atomic mass is 16.1. The first kappa shape index (κ1) is 8.45. The molecule has 0 heterocycles. The van der Waals surface area contributed by atoms with Crippen LogP contribution in [0.5, 0.6) is 0 Å². The van der Waals surface area contributed by atoms with Crippen LogP contribution in [0.25, 0.3) is 0 Å². The molecule has 5 aliphatic rings. The molecule has 16 heavy (non-hydrogen) atoms. The van der Waals surface area contributed by atoms with E-state index in [9.17, 15) is 9.59 Å². The summed E-state index contributed by atoms with van der Waals surface area (Å²) >= 11 is 0. The summed E-state index contributed by atoms with van der Waals surface area (Å²) in [6.45, 7) is 0. The number of hydrogen-bond acceptors (Lipinski definition) is 2. The minimum atomic E-state index is 0.0349. The molecule has 0 aromatic heterocycles. The third kappa shape index (κ3) is 0.765. The summed E-state index contributed by atoms with van der Waals surface area (Å²) in [5.74, 6) is 1.28. The molecule has 0 aromatic carbocycles. The van der Waals surface area contributed by atoms with Gasteiger partial charge in [0.15, 0.2) is 11.6 Å². The lowest BCUT2D eigenvalue weighted by molar-refractivity contribution is -0.116. The summed E-state index contributed by atoms with van der Waals surface area (Å²) in [4.78, 5) is 23.8. The zero-order chi connectivity index (χ0) is 10.9. The molecular formula is C14H10O2. The molecular weight excluding hydrogens is 200 g/mol. The van der Waals surface area contributed by atoms with E-state index in [2.05, 4.69) is 24.3 Å². The lowest BCUT2D eigenvalue weighted by Crippen LogP contribution is -2.45. The van der Waals surface area contributed by atoms with Gasteiger partial charge in [-0.2, -0.15) is 0 Å². The van der Waals surface area contributed by atoms with Crippen LogP contribution in [0.2, 0.25) is 0 Å². The van der Waals surface area contributed by atoms with Gasteiger partial charge in [0, 0.05) is 23.0 Å². The second-order valence-electron chi connectivity index (χ2n) is 4.87. The van der Waals surface area contributed by atoms with Crippen molar-refractivity contribution in [3.63, 3.8) is 0 Å². The molecule has 2 heteroatoms. The van der Waals surface area contributed by atoms with E-state index in [0.717, 1.165) is 11.1 Å². The molecule has 0 N–H and O–H groups in total. The number of ketones is 2. The van der Waals surface area contributed by atoms with Crippen LogP contribution in [-0.4, -0.2) is 11.6 Å². The molecule has 0 aliphatic heterocycles. The van der Waals surface area contributed by atoms with Crippen LogP contribution in [0.1, 0.15) is 0 Å². The van der Waals surface area contributed by atoms with Gasteiger partial charge >= 0.3 is 0 Å². The van der Waals surface area contributed by atoms with Crippen molar-refractivity contribution in [3.8, 4) is 0 Å². The molecule has 0 aromatic rings. The van der Waals surface area contributed by atoms with Crippen molar-refractivity contribution in [2.45, 2.75) is 0 Å². The van der Waals surface area contributed by atoms with Crippen LogP contribution in [0.4, 0.5) is 0 Å². The average molecular weight is 210 g/mol. The molecule has 2 bridgehead atoms. The molecule has 0 radical (unpaired) electrons. The highest BCUT2D eigenvalue weighted by Crippen LogP contribution is 2.54. The van der Waals surface area contributed by atoms with E-state index in [-0.39, 0.29) is 23.4 Å². The minimum absolute atomic E-state index is 0.0349. The smallest absolute Gasteiger partial charge is 0.183 e. The maximum atomic E-state index is 11.9. The molecule has 2 nitrogen and oxygen atoms in total. The average Bonchev–Trinajstić information content (AvgIpc) is 2.23. The van der Waals surface area contributed by atoms with Crippen LogP contribution in [0.3, 0.4) is 0 Å². The van der Waals surface area contributed by atoms with Crippen LogP contribution in [-0.2, 0) is 9.59 Å². The molecule has 0 amide bonds. The topological polar surface area (TPSA) is 34.1 Å². The molecule has 0 saturated carbocycles. The van der Waals surface area contributed by atoms with Crippen molar-refractivity contribution < 1.29 is 9.59 Å². The van der Waals surface area contributed by atoms with Gasteiger partial charge in [-0.05, 0) is 24.0 Å². The number of carbonyl (C=O) groups excluding carboxylic acids is 2. The van der Waals surface area contributed by atoms with Gasteiger partial charge in [-0.3, -0.25) is 9.59 Å². The number of rotatable bonds is 0. The van der Waals surface area contributed by atoms with Crippen LogP contribution in [0.15, 0.2) is 47.6 Å². The normalized spacial score (nSPS) is 42.2. The van der Waals surface area contributed by atoms with E-state index in [1.807, 2.05) is 0 Å². The summed E-state index contributed by atoms with van der Waals surface area (Å²) in [5, 5.41) is 0. The third-order valence-electron chi connectivity index (χ3n) is 4.23. The SMILES string of the molecule is O=C1C=CC(=O)C2=C1[C@H]1C=C[C@H]2[C@@H]2C=C[C@H]21. The Hall–Kier alpha value is -1.70. The van der Waals surface area contributed by atoms with Gasteiger partial charge in [0.25, 0.3) is 0 Å². The molecule has 0 saturated heterocycles. The fourth-order valence-electron chi connectivity index (χ4n) is 3.44. The van der Waals surface area contributed by atoms with E-state index >= 15 is 0 Å². The van der Waals surface area contributed by atoms with Gasteiger partial charge < -0.3 is 0 Å². The molecule has 78 valence electrons. The van der Waals surface area contributed by atoms with Crippen molar-refractivity contribution in [2.24, 2.45) is 23.7 Å². The number of hydrogen-bond donors (Lipinski definition) is 0.